The fourth-order valence-electron chi connectivity index (χ4n) is 2.23. The van der Waals surface area contributed by atoms with Crippen molar-refractivity contribution in [2.24, 2.45) is 0 Å². The SMILES string of the molecule is O=c1c2c([nH]n1-c1ccccn1)CCCC2. The number of H-pyrrole nitrogens is 1. The summed E-state index contributed by atoms with van der Waals surface area (Å²) < 4.78 is 1.55. The maximum Gasteiger partial charge on any atom is 0.276 e. The van der Waals surface area contributed by atoms with Crippen molar-refractivity contribution in [3.63, 3.8) is 0 Å². The van der Waals surface area contributed by atoms with Gasteiger partial charge in [0.2, 0.25) is 0 Å². The van der Waals surface area contributed by atoms with E-state index in [-0.39, 0.29) is 5.56 Å². The third-order valence-electron chi connectivity index (χ3n) is 3.05. The zero-order chi connectivity index (χ0) is 11.0. The van der Waals surface area contributed by atoms with E-state index in [1.54, 1.807) is 10.9 Å². The molecule has 0 unspecified atom stereocenters. The normalized spacial score (nSPS) is 14.8. The molecular formula is C12H13N3O. The fraction of sp³-hybridized carbons (Fsp3) is 0.333. The summed E-state index contributed by atoms with van der Waals surface area (Å²) in [4.78, 5) is 16.3. The monoisotopic (exact) mass is 215 g/mol. The molecule has 0 aliphatic heterocycles. The molecule has 0 amide bonds. The molecule has 4 nitrogen and oxygen atoms in total. The smallest absolute Gasteiger partial charge is 0.276 e. The van der Waals surface area contributed by atoms with Gasteiger partial charge in [-0.25, -0.2) is 9.67 Å². The zero-order valence-corrected chi connectivity index (χ0v) is 8.94. The lowest BCUT2D eigenvalue weighted by Gasteiger charge is -2.07. The van der Waals surface area contributed by atoms with Gasteiger partial charge in [-0.15, -0.1) is 0 Å². The van der Waals surface area contributed by atoms with Crippen molar-refractivity contribution in [1.82, 2.24) is 14.8 Å². The summed E-state index contributed by atoms with van der Waals surface area (Å²) in [7, 11) is 0. The largest absolute Gasteiger partial charge is 0.293 e. The van der Waals surface area contributed by atoms with Gasteiger partial charge in [0.1, 0.15) is 0 Å². The van der Waals surface area contributed by atoms with Crippen molar-refractivity contribution >= 4 is 0 Å². The van der Waals surface area contributed by atoms with Gasteiger partial charge >= 0.3 is 0 Å². The van der Waals surface area contributed by atoms with Gasteiger partial charge in [-0.3, -0.25) is 9.89 Å². The van der Waals surface area contributed by atoms with Crippen molar-refractivity contribution in [3.8, 4) is 5.82 Å². The Hall–Kier alpha value is -1.84. The molecule has 4 heteroatoms. The minimum absolute atomic E-state index is 0.0633. The first-order valence-electron chi connectivity index (χ1n) is 5.60. The maximum absolute atomic E-state index is 12.1. The molecular weight excluding hydrogens is 202 g/mol. The molecule has 16 heavy (non-hydrogen) atoms. The Balaban J connectivity index is 2.16. The number of aromatic nitrogens is 3. The molecule has 2 heterocycles. The molecule has 1 aliphatic carbocycles. The van der Waals surface area contributed by atoms with Crippen LogP contribution < -0.4 is 5.56 Å². The molecule has 0 aromatic carbocycles. The van der Waals surface area contributed by atoms with Crippen LogP contribution in [0.3, 0.4) is 0 Å². The Morgan fingerprint density at radius 2 is 2.12 bits per heavy atom. The summed E-state index contributed by atoms with van der Waals surface area (Å²) >= 11 is 0. The van der Waals surface area contributed by atoms with E-state index in [1.165, 1.54) is 0 Å². The molecule has 1 N–H and O–H groups in total. The second-order valence-electron chi connectivity index (χ2n) is 4.10. The van der Waals surface area contributed by atoms with E-state index in [9.17, 15) is 4.79 Å². The Labute approximate surface area is 92.9 Å². The average molecular weight is 215 g/mol. The number of rotatable bonds is 1. The van der Waals surface area contributed by atoms with Gasteiger partial charge in [-0.05, 0) is 37.8 Å². The average Bonchev–Trinajstić information content (AvgIpc) is 2.69. The highest BCUT2D eigenvalue weighted by atomic mass is 16.1. The summed E-state index contributed by atoms with van der Waals surface area (Å²) in [6, 6.07) is 5.56. The number of nitrogens with zero attached hydrogens (tertiary/aromatic N) is 2. The van der Waals surface area contributed by atoms with Crippen LogP contribution in [0.1, 0.15) is 24.1 Å². The van der Waals surface area contributed by atoms with Crippen LogP contribution in [-0.4, -0.2) is 14.8 Å². The number of nitrogens with one attached hydrogen (secondary N) is 1. The van der Waals surface area contributed by atoms with Crippen molar-refractivity contribution in [2.75, 3.05) is 0 Å². The summed E-state index contributed by atoms with van der Waals surface area (Å²) in [6.07, 6.45) is 5.84. The first-order chi connectivity index (χ1) is 7.86. The number of aryl methyl sites for hydroxylation is 1. The van der Waals surface area contributed by atoms with E-state index < -0.39 is 0 Å². The fourth-order valence-corrected chi connectivity index (χ4v) is 2.23. The molecule has 0 saturated carbocycles. The highest BCUT2D eigenvalue weighted by Crippen LogP contribution is 2.16. The van der Waals surface area contributed by atoms with Crippen LogP contribution in [0.2, 0.25) is 0 Å². The molecule has 0 bridgehead atoms. The highest BCUT2D eigenvalue weighted by Gasteiger charge is 2.18. The van der Waals surface area contributed by atoms with Crippen molar-refractivity contribution in [3.05, 3.63) is 46.0 Å². The molecule has 1 aliphatic rings. The molecule has 0 fully saturated rings. The summed E-state index contributed by atoms with van der Waals surface area (Å²) in [5.41, 5.74) is 2.09. The van der Waals surface area contributed by atoms with Gasteiger partial charge in [-0.2, -0.15) is 0 Å². The molecule has 0 radical (unpaired) electrons. The molecule has 2 aromatic rings. The van der Waals surface area contributed by atoms with Crippen LogP contribution in [0.25, 0.3) is 5.82 Å². The van der Waals surface area contributed by atoms with Gasteiger partial charge in [0.05, 0.1) is 0 Å². The highest BCUT2D eigenvalue weighted by molar-refractivity contribution is 5.27. The van der Waals surface area contributed by atoms with Crippen LogP contribution in [0.4, 0.5) is 0 Å². The molecule has 2 aromatic heterocycles. The first-order valence-corrected chi connectivity index (χ1v) is 5.60. The van der Waals surface area contributed by atoms with E-state index in [1.807, 2.05) is 18.2 Å². The molecule has 82 valence electrons. The van der Waals surface area contributed by atoms with E-state index >= 15 is 0 Å². The zero-order valence-electron chi connectivity index (χ0n) is 8.94. The minimum atomic E-state index is 0.0633. The number of fused-ring (bicyclic) bond motifs is 1. The number of pyridine rings is 1. The Bertz CT molecular complexity index is 553. The molecule has 0 saturated heterocycles. The molecule has 3 rings (SSSR count). The number of aromatic amines is 1. The lowest BCUT2D eigenvalue weighted by atomic mass is 9.98. The summed E-state index contributed by atoms with van der Waals surface area (Å²) in [5.74, 6) is 0.668. The Kier molecular flexibility index (Phi) is 2.13. The van der Waals surface area contributed by atoms with Crippen molar-refractivity contribution < 1.29 is 0 Å². The quantitative estimate of drug-likeness (QED) is 0.782. The lowest BCUT2D eigenvalue weighted by Crippen LogP contribution is -2.18. The van der Waals surface area contributed by atoms with Crippen LogP contribution in [0.15, 0.2) is 29.2 Å². The van der Waals surface area contributed by atoms with E-state index in [4.69, 9.17) is 0 Å². The van der Waals surface area contributed by atoms with Gasteiger partial charge in [0.25, 0.3) is 5.56 Å². The number of hydrogen-bond donors (Lipinski definition) is 1. The standard InChI is InChI=1S/C12H13N3O/c16-12-9-5-1-2-6-10(9)14-15(12)11-7-3-4-8-13-11/h3-4,7-8,14H,1-2,5-6H2. The molecule has 0 atom stereocenters. The van der Waals surface area contributed by atoms with E-state index in [0.29, 0.717) is 5.82 Å². The van der Waals surface area contributed by atoms with Crippen LogP contribution >= 0.6 is 0 Å². The predicted molar refractivity (Wildman–Crippen MR) is 60.8 cm³/mol. The van der Waals surface area contributed by atoms with Crippen LogP contribution in [0.5, 0.6) is 0 Å². The summed E-state index contributed by atoms with van der Waals surface area (Å²) in [5, 5.41) is 3.16. The third-order valence-corrected chi connectivity index (χ3v) is 3.05. The van der Waals surface area contributed by atoms with Crippen LogP contribution in [0, 0.1) is 0 Å². The maximum atomic E-state index is 12.1. The topological polar surface area (TPSA) is 50.7 Å². The van der Waals surface area contributed by atoms with Crippen LogP contribution in [-0.2, 0) is 12.8 Å². The van der Waals surface area contributed by atoms with E-state index in [2.05, 4.69) is 10.1 Å². The van der Waals surface area contributed by atoms with Gasteiger partial charge in [-0.1, -0.05) is 6.07 Å². The van der Waals surface area contributed by atoms with Crippen molar-refractivity contribution in [1.29, 1.82) is 0 Å². The predicted octanol–water partition coefficient (Wildman–Crippen LogP) is 1.44. The Morgan fingerprint density at radius 3 is 2.88 bits per heavy atom. The molecule has 0 spiro atoms. The Morgan fingerprint density at radius 1 is 1.25 bits per heavy atom. The summed E-state index contributed by atoms with van der Waals surface area (Å²) in [6.45, 7) is 0. The third kappa shape index (κ3) is 1.38. The van der Waals surface area contributed by atoms with Crippen molar-refractivity contribution in [2.45, 2.75) is 25.7 Å². The van der Waals surface area contributed by atoms with Gasteiger partial charge in [0, 0.05) is 17.5 Å². The lowest BCUT2D eigenvalue weighted by molar-refractivity contribution is 0.670. The second kappa shape index (κ2) is 3.63. The van der Waals surface area contributed by atoms with Gasteiger partial charge < -0.3 is 0 Å². The minimum Gasteiger partial charge on any atom is -0.293 e. The van der Waals surface area contributed by atoms with E-state index in [0.717, 1.165) is 36.9 Å². The second-order valence-corrected chi connectivity index (χ2v) is 4.10. The number of hydrogen-bond acceptors (Lipinski definition) is 2. The van der Waals surface area contributed by atoms with Gasteiger partial charge in [0.15, 0.2) is 5.82 Å². The first kappa shape index (κ1) is 9.39.